The SMILES string of the molecule is c1nnc2nnn[nH]c1-2. The molecule has 0 aromatic heterocycles. The molecule has 44 valence electrons. The van der Waals surface area contributed by atoms with Crippen LogP contribution in [0.5, 0.6) is 0 Å². The minimum absolute atomic E-state index is 0.491. The number of hydrogen-bond acceptors (Lipinski definition) is 5. The second kappa shape index (κ2) is 1.44. The van der Waals surface area contributed by atoms with Gasteiger partial charge in [-0.3, -0.25) is 5.10 Å². The van der Waals surface area contributed by atoms with Crippen LogP contribution in [0.25, 0.3) is 11.5 Å². The molecule has 2 aliphatic rings. The summed E-state index contributed by atoms with van der Waals surface area (Å²) in [5.74, 6) is 0.491. The highest BCUT2D eigenvalue weighted by atomic mass is 15.4. The molecule has 0 atom stereocenters. The van der Waals surface area contributed by atoms with E-state index in [1.807, 2.05) is 0 Å². The molecule has 0 aromatic carbocycles. The number of aromatic amines is 1. The van der Waals surface area contributed by atoms with Crippen molar-refractivity contribution < 1.29 is 0 Å². The van der Waals surface area contributed by atoms with E-state index in [1.165, 1.54) is 6.20 Å². The number of fused-ring (bicyclic) bond motifs is 1. The maximum absolute atomic E-state index is 3.62. The molecule has 6 heteroatoms. The second-order valence-corrected chi connectivity index (χ2v) is 1.48. The zero-order chi connectivity index (χ0) is 6.10. The number of H-pyrrole nitrogens is 1. The molecule has 0 bridgehead atoms. The molecule has 0 amide bonds. The lowest BCUT2D eigenvalue weighted by Crippen LogP contribution is -1.94. The summed E-state index contributed by atoms with van der Waals surface area (Å²) >= 11 is 0. The molecule has 0 unspecified atom stereocenters. The van der Waals surface area contributed by atoms with Gasteiger partial charge in [-0.05, 0) is 10.4 Å². The van der Waals surface area contributed by atoms with Crippen LogP contribution in [0.4, 0.5) is 0 Å². The Hall–Kier alpha value is -1.59. The number of aromatic nitrogens is 6. The van der Waals surface area contributed by atoms with Gasteiger partial charge in [-0.2, -0.15) is 5.10 Å². The summed E-state index contributed by atoms with van der Waals surface area (Å²) in [5, 5.41) is 20.1. The Morgan fingerprint density at radius 3 is 3.22 bits per heavy atom. The summed E-state index contributed by atoms with van der Waals surface area (Å²) in [6.07, 6.45) is 1.54. The van der Waals surface area contributed by atoms with Gasteiger partial charge in [0, 0.05) is 0 Å². The summed E-state index contributed by atoms with van der Waals surface area (Å²) in [4.78, 5) is 0. The molecule has 0 saturated carbocycles. The van der Waals surface area contributed by atoms with Crippen molar-refractivity contribution in [2.24, 2.45) is 0 Å². The van der Waals surface area contributed by atoms with Crippen molar-refractivity contribution in [3.63, 3.8) is 0 Å². The highest BCUT2D eigenvalue weighted by Gasteiger charge is 2.04. The molecule has 0 spiro atoms. The first kappa shape index (κ1) is 4.30. The van der Waals surface area contributed by atoms with Gasteiger partial charge in [-0.1, -0.05) is 0 Å². The molecule has 0 fully saturated rings. The standard InChI is InChI=1S/C3H2N6/c1-2-3(6-4-1)7-9-8-5-2/h1H,(H,5,9). The van der Waals surface area contributed by atoms with E-state index in [0.29, 0.717) is 11.5 Å². The lowest BCUT2D eigenvalue weighted by atomic mass is 10.5. The van der Waals surface area contributed by atoms with Gasteiger partial charge >= 0.3 is 0 Å². The van der Waals surface area contributed by atoms with Crippen molar-refractivity contribution in [1.29, 1.82) is 0 Å². The molecule has 0 radical (unpaired) electrons. The molecule has 0 aliphatic carbocycles. The molecule has 0 saturated heterocycles. The molecule has 2 heterocycles. The van der Waals surface area contributed by atoms with Crippen molar-refractivity contribution in [2.45, 2.75) is 0 Å². The lowest BCUT2D eigenvalue weighted by molar-refractivity contribution is 0.759. The van der Waals surface area contributed by atoms with E-state index in [2.05, 4.69) is 30.8 Å². The Morgan fingerprint density at radius 1 is 1.33 bits per heavy atom. The molecule has 6 nitrogen and oxygen atoms in total. The van der Waals surface area contributed by atoms with Crippen LogP contribution in [0.15, 0.2) is 6.20 Å². The Kier molecular flexibility index (Phi) is 0.689. The van der Waals surface area contributed by atoms with Crippen molar-refractivity contribution >= 4 is 0 Å². The van der Waals surface area contributed by atoms with Gasteiger partial charge in [-0.15, -0.1) is 10.2 Å². The van der Waals surface area contributed by atoms with Crippen LogP contribution in [0.3, 0.4) is 0 Å². The topological polar surface area (TPSA) is 80.2 Å². The Labute approximate surface area is 49.6 Å². The molecule has 2 rings (SSSR count). The van der Waals surface area contributed by atoms with Crippen LogP contribution in [0.2, 0.25) is 0 Å². The largest absolute Gasteiger partial charge is 0.253 e. The number of nitrogens with one attached hydrogen (secondary N) is 1. The quantitative estimate of drug-likeness (QED) is 0.489. The lowest BCUT2D eigenvalue weighted by Gasteiger charge is -1.85. The van der Waals surface area contributed by atoms with Gasteiger partial charge in [0.15, 0.2) is 0 Å². The van der Waals surface area contributed by atoms with Crippen LogP contribution in [-0.4, -0.2) is 30.8 Å². The Bertz CT molecular complexity index is 248. The summed E-state index contributed by atoms with van der Waals surface area (Å²) < 4.78 is 0. The van der Waals surface area contributed by atoms with Crippen molar-refractivity contribution in [2.75, 3.05) is 0 Å². The van der Waals surface area contributed by atoms with Crippen LogP contribution in [0, 0.1) is 0 Å². The zero-order valence-electron chi connectivity index (χ0n) is 4.31. The average molecular weight is 122 g/mol. The van der Waals surface area contributed by atoms with Crippen LogP contribution >= 0.6 is 0 Å². The Balaban J connectivity index is 2.79. The van der Waals surface area contributed by atoms with Gasteiger partial charge in [0.1, 0.15) is 5.69 Å². The summed E-state index contributed by atoms with van der Waals surface area (Å²) in [5.41, 5.74) is 0.699. The minimum atomic E-state index is 0.491. The first-order valence-corrected chi connectivity index (χ1v) is 2.32. The third-order valence-corrected chi connectivity index (χ3v) is 0.935. The number of rotatable bonds is 0. The van der Waals surface area contributed by atoms with Gasteiger partial charge in [0.25, 0.3) is 0 Å². The van der Waals surface area contributed by atoms with Crippen LogP contribution < -0.4 is 0 Å². The van der Waals surface area contributed by atoms with Gasteiger partial charge in [0.05, 0.1) is 6.20 Å². The maximum atomic E-state index is 3.62. The van der Waals surface area contributed by atoms with Crippen LogP contribution in [0.1, 0.15) is 0 Å². The monoisotopic (exact) mass is 122 g/mol. The fourth-order valence-corrected chi connectivity index (χ4v) is 0.547. The molecule has 0 aromatic rings. The molecule has 1 N–H and O–H groups in total. The van der Waals surface area contributed by atoms with Crippen molar-refractivity contribution in [1.82, 2.24) is 30.8 Å². The molecular formula is C3H2N6. The predicted molar refractivity (Wildman–Crippen MR) is 26.4 cm³/mol. The summed E-state index contributed by atoms with van der Waals surface area (Å²) in [6, 6.07) is 0. The van der Waals surface area contributed by atoms with E-state index in [9.17, 15) is 0 Å². The molecular weight excluding hydrogens is 120 g/mol. The van der Waals surface area contributed by atoms with E-state index < -0.39 is 0 Å². The first-order chi connectivity index (χ1) is 4.47. The maximum Gasteiger partial charge on any atom is 0.224 e. The van der Waals surface area contributed by atoms with Gasteiger partial charge in [0.2, 0.25) is 5.82 Å². The van der Waals surface area contributed by atoms with Crippen molar-refractivity contribution in [3.05, 3.63) is 6.20 Å². The summed E-state index contributed by atoms with van der Waals surface area (Å²) in [6.45, 7) is 0. The third kappa shape index (κ3) is 0.525. The molecule has 2 aliphatic heterocycles. The number of hydrogen-bond donors (Lipinski definition) is 1. The fourth-order valence-electron chi connectivity index (χ4n) is 0.547. The highest BCUT2D eigenvalue weighted by molar-refractivity contribution is 5.45. The number of nitrogens with zero attached hydrogens (tertiary/aromatic N) is 5. The van der Waals surface area contributed by atoms with E-state index in [-0.39, 0.29) is 0 Å². The first-order valence-electron chi connectivity index (χ1n) is 2.32. The van der Waals surface area contributed by atoms with E-state index in [4.69, 9.17) is 0 Å². The van der Waals surface area contributed by atoms with Gasteiger partial charge in [-0.25, -0.2) is 0 Å². The average Bonchev–Trinajstić information content (AvgIpc) is 2.33. The van der Waals surface area contributed by atoms with Gasteiger partial charge < -0.3 is 0 Å². The fraction of sp³-hybridized carbons (Fsp3) is 0. The van der Waals surface area contributed by atoms with E-state index >= 15 is 0 Å². The Morgan fingerprint density at radius 2 is 2.33 bits per heavy atom. The minimum Gasteiger partial charge on any atom is -0.253 e. The molecule has 9 heavy (non-hydrogen) atoms. The zero-order valence-corrected chi connectivity index (χ0v) is 4.31. The predicted octanol–water partition coefficient (Wildman–Crippen LogP) is -0.906. The van der Waals surface area contributed by atoms with E-state index in [1.54, 1.807) is 0 Å². The van der Waals surface area contributed by atoms with Crippen molar-refractivity contribution in [3.8, 4) is 11.5 Å². The second-order valence-electron chi connectivity index (χ2n) is 1.48. The van der Waals surface area contributed by atoms with E-state index in [0.717, 1.165) is 0 Å². The summed E-state index contributed by atoms with van der Waals surface area (Å²) in [7, 11) is 0. The smallest absolute Gasteiger partial charge is 0.224 e. The highest BCUT2D eigenvalue weighted by Crippen LogP contribution is 2.05. The van der Waals surface area contributed by atoms with Crippen LogP contribution in [-0.2, 0) is 0 Å². The normalized spacial score (nSPS) is 10.2. The third-order valence-electron chi connectivity index (χ3n) is 0.935.